The van der Waals surface area contributed by atoms with Gasteiger partial charge in [0.05, 0.1) is 6.61 Å². The number of carbonyl (C=O) groups is 1. The molecule has 0 atom stereocenters. The van der Waals surface area contributed by atoms with Gasteiger partial charge in [0.2, 0.25) is 0 Å². The maximum atomic E-state index is 12.7. The van der Waals surface area contributed by atoms with Crippen LogP contribution in [0.25, 0.3) is 6.08 Å². The fourth-order valence-corrected chi connectivity index (χ4v) is 4.38. The molecular weight excluding hydrogens is 476 g/mol. The van der Waals surface area contributed by atoms with Crippen LogP contribution in [0.2, 0.25) is 0 Å². The van der Waals surface area contributed by atoms with Crippen LogP contribution in [0.1, 0.15) is 40.3 Å². The highest BCUT2D eigenvalue weighted by atomic mass is 79.9. The number of amides is 1. The van der Waals surface area contributed by atoms with Crippen molar-refractivity contribution in [3.8, 4) is 11.8 Å². The number of hydrogen-bond acceptors (Lipinski definition) is 3. The van der Waals surface area contributed by atoms with Crippen LogP contribution in [-0.2, 0) is 11.2 Å². The standard InChI is InChI=1S/C28H27BrN2O2/c1-5-33-27-16-22(13-23(17-30)28(32)31-24-8-6-7-18(2)12-24)15-26(29)25(27)14-21-10-19(3)9-20(4)11-21/h6-13,15-16H,5,14H2,1-4H3,(H,31,32)/b23-13+. The van der Waals surface area contributed by atoms with Crippen molar-refractivity contribution in [1.29, 1.82) is 5.26 Å². The van der Waals surface area contributed by atoms with Crippen LogP contribution < -0.4 is 10.1 Å². The molecule has 0 fully saturated rings. The maximum absolute atomic E-state index is 12.7. The summed E-state index contributed by atoms with van der Waals surface area (Å²) in [5.74, 6) is 0.283. The third-order valence-corrected chi connectivity index (χ3v) is 5.80. The number of carbonyl (C=O) groups excluding carboxylic acids is 1. The van der Waals surface area contributed by atoms with Crippen molar-refractivity contribution in [2.75, 3.05) is 11.9 Å². The summed E-state index contributed by atoms with van der Waals surface area (Å²) < 4.78 is 6.80. The zero-order valence-electron chi connectivity index (χ0n) is 19.3. The van der Waals surface area contributed by atoms with Gasteiger partial charge in [0.15, 0.2) is 0 Å². The van der Waals surface area contributed by atoms with E-state index in [1.807, 2.05) is 50.2 Å². The third kappa shape index (κ3) is 6.57. The normalized spacial score (nSPS) is 11.1. The van der Waals surface area contributed by atoms with E-state index < -0.39 is 5.91 Å². The molecule has 3 aromatic rings. The van der Waals surface area contributed by atoms with Gasteiger partial charge in [0, 0.05) is 22.1 Å². The Bertz CT molecular complexity index is 1230. The number of benzene rings is 3. The summed E-state index contributed by atoms with van der Waals surface area (Å²) >= 11 is 3.68. The fraction of sp³-hybridized carbons (Fsp3) is 0.214. The van der Waals surface area contributed by atoms with Crippen LogP contribution in [0.15, 0.2) is 64.6 Å². The minimum Gasteiger partial charge on any atom is -0.494 e. The van der Waals surface area contributed by atoms with Gasteiger partial charge >= 0.3 is 0 Å². The Hall–Kier alpha value is -3.36. The molecule has 0 heterocycles. The topological polar surface area (TPSA) is 62.1 Å². The number of nitriles is 1. The number of halogens is 1. The molecule has 5 heteroatoms. The summed E-state index contributed by atoms with van der Waals surface area (Å²) in [6.45, 7) is 8.58. The number of aryl methyl sites for hydroxylation is 3. The first-order chi connectivity index (χ1) is 15.8. The van der Waals surface area contributed by atoms with E-state index in [0.29, 0.717) is 24.3 Å². The highest BCUT2D eigenvalue weighted by Gasteiger charge is 2.14. The van der Waals surface area contributed by atoms with E-state index in [4.69, 9.17) is 4.74 Å². The quantitative estimate of drug-likeness (QED) is 0.282. The fourth-order valence-electron chi connectivity index (χ4n) is 3.78. The van der Waals surface area contributed by atoms with Gasteiger partial charge in [0.1, 0.15) is 17.4 Å². The highest BCUT2D eigenvalue weighted by molar-refractivity contribution is 9.10. The SMILES string of the molecule is CCOc1cc(/C=C(\C#N)C(=O)Nc2cccc(C)c2)cc(Br)c1Cc1cc(C)cc(C)c1. The maximum Gasteiger partial charge on any atom is 0.266 e. The van der Waals surface area contributed by atoms with Crippen LogP contribution in [-0.4, -0.2) is 12.5 Å². The smallest absolute Gasteiger partial charge is 0.266 e. The molecular formula is C28H27BrN2O2. The van der Waals surface area contributed by atoms with Gasteiger partial charge in [-0.1, -0.05) is 57.4 Å². The molecule has 168 valence electrons. The Balaban J connectivity index is 1.93. The van der Waals surface area contributed by atoms with E-state index in [0.717, 1.165) is 21.3 Å². The zero-order chi connectivity index (χ0) is 24.0. The van der Waals surface area contributed by atoms with Gasteiger partial charge in [-0.2, -0.15) is 5.26 Å². The van der Waals surface area contributed by atoms with Gasteiger partial charge in [0.25, 0.3) is 5.91 Å². The van der Waals surface area contributed by atoms with Crippen LogP contribution >= 0.6 is 15.9 Å². The first-order valence-electron chi connectivity index (χ1n) is 10.8. The van der Waals surface area contributed by atoms with Crippen molar-refractivity contribution in [3.05, 3.63) is 98.0 Å². The molecule has 0 radical (unpaired) electrons. The number of nitrogens with one attached hydrogen (secondary N) is 1. The second-order valence-electron chi connectivity index (χ2n) is 8.08. The minimum absolute atomic E-state index is 0.0212. The number of nitrogens with zero attached hydrogens (tertiary/aromatic N) is 1. The van der Waals surface area contributed by atoms with Gasteiger partial charge in [-0.25, -0.2) is 0 Å². The molecule has 1 amide bonds. The summed E-state index contributed by atoms with van der Waals surface area (Å²) in [6.07, 6.45) is 2.29. The first kappa shape index (κ1) is 24.3. The second-order valence-corrected chi connectivity index (χ2v) is 8.93. The Morgan fingerprint density at radius 1 is 1.06 bits per heavy atom. The second kappa shape index (κ2) is 11.0. The molecule has 0 saturated carbocycles. The molecule has 0 aliphatic carbocycles. The van der Waals surface area contributed by atoms with Gasteiger partial charge in [-0.05, 0) is 74.7 Å². The number of hydrogen-bond donors (Lipinski definition) is 1. The summed E-state index contributed by atoms with van der Waals surface area (Å²) in [6, 6.07) is 19.8. The van der Waals surface area contributed by atoms with E-state index in [1.165, 1.54) is 16.7 Å². The molecule has 0 spiro atoms. The number of anilines is 1. The van der Waals surface area contributed by atoms with Gasteiger partial charge in [-0.15, -0.1) is 0 Å². The summed E-state index contributed by atoms with van der Waals surface area (Å²) in [7, 11) is 0. The largest absolute Gasteiger partial charge is 0.494 e. The van der Waals surface area contributed by atoms with E-state index >= 15 is 0 Å². The number of rotatable bonds is 7. The van der Waals surface area contributed by atoms with E-state index in [9.17, 15) is 10.1 Å². The molecule has 0 saturated heterocycles. The van der Waals surface area contributed by atoms with Crippen molar-refractivity contribution in [1.82, 2.24) is 0 Å². The number of ether oxygens (including phenoxy) is 1. The lowest BCUT2D eigenvalue weighted by Gasteiger charge is -2.15. The lowest BCUT2D eigenvalue weighted by atomic mass is 9.98. The summed E-state index contributed by atoms with van der Waals surface area (Å²) in [4.78, 5) is 12.7. The summed E-state index contributed by atoms with van der Waals surface area (Å²) in [5.41, 5.74) is 7.09. The van der Waals surface area contributed by atoms with Crippen LogP contribution in [0.4, 0.5) is 5.69 Å². The molecule has 0 unspecified atom stereocenters. The molecule has 0 aromatic heterocycles. The molecule has 0 bridgehead atoms. The van der Waals surface area contributed by atoms with Crippen molar-refractivity contribution in [2.24, 2.45) is 0 Å². The van der Waals surface area contributed by atoms with Crippen molar-refractivity contribution >= 4 is 33.6 Å². The van der Waals surface area contributed by atoms with Crippen LogP contribution in [0, 0.1) is 32.1 Å². The van der Waals surface area contributed by atoms with Crippen molar-refractivity contribution < 1.29 is 9.53 Å². The predicted molar refractivity (Wildman–Crippen MR) is 137 cm³/mol. The van der Waals surface area contributed by atoms with Crippen LogP contribution in [0.3, 0.4) is 0 Å². The van der Waals surface area contributed by atoms with Crippen molar-refractivity contribution in [3.63, 3.8) is 0 Å². The van der Waals surface area contributed by atoms with E-state index in [1.54, 1.807) is 12.1 Å². The Kier molecular flexibility index (Phi) is 8.08. The first-order valence-corrected chi connectivity index (χ1v) is 11.6. The molecule has 3 aromatic carbocycles. The molecule has 0 aliphatic rings. The lowest BCUT2D eigenvalue weighted by Crippen LogP contribution is -2.13. The average Bonchev–Trinajstić information content (AvgIpc) is 2.74. The Morgan fingerprint density at radius 2 is 1.79 bits per heavy atom. The molecule has 1 N–H and O–H groups in total. The van der Waals surface area contributed by atoms with E-state index in [-0.39, 0.29) is 5.57 Å². The third-order valence-electron chi connectivity index (χ3n) is 5.09. The average molecular weight is 503 g/mol. The lowest BCUT2D eigenvalue weighted by molar-refractivity contribution is -0.112. The minimum atomic E-state index is -0.448. The summed E-state index contributed by atoms with van der Waals surface area (Å²) in [5, 5.41) is 12.4. The molecule has 3 rings (SSSR count). The van der Waals surface area contributed by atoms with Gasteiger partial charge < -0.3 is 10.1 Å². The molecule has 33 heavy (non-hydrogen) atoms. The highest BCUT2D eigenvalue weighted by Crippen LogP contribution is 2.33. The van der Waals surface area contributed by atoms with Gasteiger partial charge in [-0.3, -0.25) is 4.79 Å². The molecule has 0 aliphatic heterocycles. The predicted octanol–water partition coefficient (Wildman–Crippen LogP) is 6.91. The van der Waals surface area contributed by atoms with Crippen LogP contribution in [0.5, 0.6) is 5.75 Å². The molecule has 4 nitrogen and oxygen atoms in total. The monoisotopic (exact) mass is 502 g/mol. The zero-order valence-corrected chi connectivity index (χ0v) is 20.9. The Labute approximate surface area is 204 Å². The Morgan fingerprint density at radius 3 is 2.42 bits per heavy atom. The van der Waals surface area contributed by atoms with Crippen molar-refractivity contribution in [2.45, 2.75) is 34.1 Å². The van der Waals surface area contributed by atoms with E-state index in [2.05, 4.69) is 53.3 Å².